The molecule has 10 heteroatoms. The van der Waals surface area contributed by atoms with Crippen molar-refractivity contribution in [2.24, 2.45) is 0 Å². The highest BCUT2D eigenvalue weighted by Gasteiger charge is 2.29. The van der Waals surface area contributed by atoms with E-state index in [0.717, 1.165) is 19.4 Å². The SMILES string of the molecule is CN(C)c1noc(C2CCCN(c3c(Cl)cc([N+](=O)[O-])cc3Cl)C2)n1. The minimum Gasteiger partial charge on any atom is -0.368 e. The quantitative estimate of drug-likeness (QED) is 0.584. The van der Waals surface area contributed by atoms with Crippen molar-refractivity contribution in [2.75, 3.05) is 37.0 Å². The molecular formula is C15H17Cl2N5O3. The first kappa shape index (κ1) is 17.8. The van der Waals surface area contributed by atoms with Gasteiger partial charge in [0.2, 0.25) is 5.89 Å². The van der Waals surface area contributed by atoms with Crippen LogP contribution in [0.1, 0.15) is 24.7 Å². The first-order chi connectivity index (χ1) is 11.9. The fourth-order valence-corrected chi connectivity index (χ4v) is 3.63. The molecule has 3 rings (SSSR count). The molecule has 2 aromatic rings. The van der Waals surface area contributed by atoms with Gasteiger partial charge in [0.15, 0.2) is 0 Å². The maximum absolute atomic E-state index is 10.9. The van der Waals surface area contributed by atoms with Crippen LogP contribution in [0.3, 0.4) is 0 Å². The van der Waals surface area contributed by atoms with Gasteiger partial charge < -0.3 is 14.3 Å². The summed E-state index contributed by atoms with van der Waals surface area (Å²) in [5.41, 5.74) is 0.478. The van der Waals surface area contributed by atoms with Crippen LogP contribution in [-0.4, -0.2) is 42.2 Å². The lowest BCUT2D eigenvalue weighted by Gasteiger charge is -2.33. The highest BCUT2D eigenvalue weighted by Crippen LogP contribution is 2.40. The molecule has 0 spiro atoms. The fraction of sp³-hybridized carbons (Fsp3) is 0.467. The molecule has 0 bridgehead atoms. The second-order valence-corrected chi connectivity index (χ2v) is 6.94. The maximum atomic E-state index is 10.9. The third-order valence-electron chi connectivity index (χ3n) is 4.13. The number of nitrogens with zero attached hydrogens (tertiary/aromatic N) is 5. The number of hydrogen-bond acceptors (Lipinski definition) is 7. The molecule has 1 aromatic carbocycles. The van der Waals surface area contributed by atoms with Crippen molar-refractivity contribution in [3.05, 3.63) is 38.2 Å². The topological polar surface area (TPSA) is 88.5 Å². The summed E-state index contributed by atoms with van der Waals surface area (Å²) in [6, 6.07) is 2.65. The van der Waals surface area contributed by atoms with Crippen LogP contribution in [0.15, 0.2) is 16.7 Å². The van der Waals surface area contributed by atoms with E-state index in [1.165, 1.54) is 12.1 Å². The molecule has 1 saturated heterocycles. The van der Waals surface area contributed by atoms with Gasteiger partial charge in [-0.2, -0.15) is 4.98 Å². The Morgan fingerprint density at radius 2 is 2.04 bits per heavy atom. The summed E-state index contributed by atoms with van der Waals surface area (Å²) in [6.07, 6.45) is 1.81. The Morgan fingerprint density at radius 3 is 2.60 bits per heavy atom. The number of nitro benzene ring substituents is 1. The Bertz CT molecular complexity index is 772. The Kier molecular flexibility index (Phi) is 5.01. The highest BCUT2D eigenvalue weighted by molar-refractivity contribution is 6.39. The van der Waals surface area contributed by atoms with E-state index in [4.69, 9.17) is 27.7 Å². The van der Waals surface area contributed by atoms with Crippen molar-refractivity contribution >= 4 is 40.5 Å². The first-order valence-corrected chi connectivity index (χ1v) is 8.51. The lowest BCUT2D eigenvalue weighted by atomic mass is 9.97. The molecule has 0 radical (unpaired) electrons. The Morgan fingerprint density at radius 1 is 1.36 bits per heavy atom. The standard InChI is InChI=1S/C15H17Cl2N5O3/c1-20(2)15-18-14(25-19-15)9-4-3-5-21(8-9)13-11(16)6-10(22(23)24)7-12(13)17/h6-7,9H,3-5,8H2,1-2H3. The number of non-ortho nitro benzene ring substituents is 1. The van der Waals surface area contributed by atoms with E-state index >= 15 is 0 Å². The molecule has 1 unspecified atom stereocenters. The molecule has 134 valence electrons. The highest BCUT2D eigenvalue weighted by atomic mass is 35.5. The predicted molar refractivity (Wildman–Crippen MR) is 95.9 cm³/mol. The zero-order chi connectivity index (χ0) is 18.1. The van der Waals surface area contributed by atoms with Crippen LogP contribution >= 0.6 is 23.2 Å². The minimum atomic E-state index is -0.512. The lowest BCUT2D eigenvalue weighted by Crippen LogP contribution is -2.35. The molecule has 1 fully saturated rings. The zero-order valence-electron chi connectivity index (χ0n) is 13.8. The van der Waals surface area contributed by atoms with Crippen LogP contribution < -0.4 is 9.80 Å². The van der Waals surface area contributed by atoms with Crippen molar-refractivity contribution in [3.8, 4) is 0 Å². The fourth-order valence-electron chi connectivity index (χ4n) is 2.92. The number of rotatable bonds is 4. The van der Waals surface area contributed by atoms with Crippen LogP contribution in [0.2, 0.25) is 10.0 Å². The summed E-state index contributed by atoms with van der Waals surface area (Å²) < 4.78 is 5.38. The van der Waals surface area contributed by atoms with Crippen LogP contribution in [0, 0.1) is 10.1 Å². The van der Waals surface area contributed by atoms with Gasteiger partial charge in [-0.05, 0) is 18.0 Å². The normalized spacial score (nSPS) is 17.6. The average Bonchev–Trinajstić information content (AvgIpc) is 3.04. The summed E-state index contributed by atoms with van der Waals surface area (Å²) in [4.78, 5) is 18.6. The Hall–Kier alpha value is -2.06. The molecule has 0 aliphatic carbocycles. The van der Waals surface area contributed by atoms with Crippen molar-refractivity contribution in [2.45, 2.75) is 18.8 Å². The van der Waals surface area contributed by atoms with Crippen LogP contribution in [-0.2, 0) is 0 Å². The molecule has 1 aromatic heterocycles. The smallest absolute Gasteiger partial charge is 0.272 e. The Balaban J connectivity index is 1.85. The van der Waals surface area contributed by atoms with E-state index in [2.05, 4.69) is 10.1 Å². The van der Waals surface area contributed by atoms with Gasteiger partial charge in [-0.3, -0.25) is 10.1 Å². The molecule has 8 nitrogen and oxygen atoms in total. The number of piperidine rings is 1. The van der Waals surface area contributed by atoms with E-state index in [-0.39, 0.29) is 21.7 Å². The second kappa shape index (κ2) is 7.05. The molecule has 0 amide bonds. The van der Waals surface area contributed by atoms with E-state index in [1.54, 1.807) is 4.90 Å². The van der Waals surface area contributed by atoms with E-state index in [0.29, 0.717) is 24.1 Å². The van der Waals surface area contributed by atoms with Gasteiger partial charge >= 0.3 is 0 Å². The average molecular weight is 386 g/mol. The number of benzene rings is 1. The summed E-state index contributed by atoms with van der Waals surface area (Å²) in [5.74, 6) is 1.15. The molecule has 1 atom stereocenters. The first-order valence-electron chi connectivity index (χ1n) is 7.76. The van der Waals surface area contributed by atoms with Crippen molar-refractivity contribution in [1.29, 1.82) is 0 Å². The lowest BCUT2D eigenvalue weighted by molar-refractivity contribution is -0.384. The van der Waals surface area contributed by atoms with Gasteiger partial charge in [-0.15, -0.1) is 0 Å². The van der Waals surface area contributed by atoms with Crippen molar-refractivity contribution < 1.29 is 9.45 Å². The second-order valence-electron chi connectivity index (χ2n) is 6.13. The summed E-state index contributed by atoms with van der Waals surface area (Å²) >= 11 is 12.5. The number of halogens is 2. The molecular weight excluding hydrogens is 369 g/mol. The van der Waals surface area contributed by atoms with Gasteiger partial charge in [0.25, 0.3) is 11.6 Å². The summed E-state index contributed by atoms with van der Waals surface area (Å²) in [5, 5.41) is 15.4. The van der Waals surface area contributed by atoms with Gasteiger partial charge in [0.1, 0.15) is 0 Å². The van der Waals surface area contributed by atoms with Crippen LogP contribution in [0.5, 0.6) is 0 Å². The number of anilines is 2. The van der Waals surface area contributed by atoms with E-state index < -0.39 is 4.92 Å². The predicted octanol–water partition coefficient (Wildman–Crippen LogP) is 3.73. The molecule has 0 saturated carbocycles. The summed E-state index contributed by atoms with van der Waals surface area (Å²) in [6.45, 7) is 1.36. The van der Waals surface area contributed by atoms with Gasteiger partial charge in [0.05, 0.1) is 26.6 Å². The van der Waals surface area contributed by atoms with E-state index in [9.17, 15) is 10.1 Å². The molecule has 2 heterocycles. The minimum absolute atomic E-state index is 0.0530. The zero-order valence-corrected chi connectivity index (χ0v) is 15.3. The van der Waals surface area contributed by atoms with Crippen LogP contribution in [0.4, 0.5) is 17.3 Å². The maximum Gasteiger partial charge on any atom is 0.272 e. The van der Waals surface area contributed by atoms with Gasteiger partial charge in [-0.1, -0.05) is 23.2 Å². The molecule has 0 N–H and O–H groups in total. The number of aromatic nitrogens is 2. The van der Waals surface area contributed by atoms with Gasteiger partial charge in [-0.25, -0.2) is 0 Å². The van der Waals surface area contributed by atoms with E-state index in [1.807, 2.05) is 19.0 Å². The third kappa shape index (κ3) is 3.64. The molecule has 1 aliphatic rings. The molecule has 1 aliphatic heterocycles. The van der Waals surface area contributed by atoms with Crippen molar-refractivity contribution in [3.63, 3.8) is 0 Å². The third-order valence-corrected chi connectivity index (χ3v) is 4.71. The number of hydrogen-bond donors (Lipinski definition) is 0. The molecule has 25 heavy (non-hydrogen) atoms. The van der Waals surface area contributed by atoms with Crippen LogP contribution in [0.25, 0.3) is 0 Å². The van der Waals surface area contributed by atoms with Gasteiger partial charge in [0, 0.05) is 39.3 Å². The Labute approximate surface area is 154 Å². The summed E-state index contributed by atoms with van der Waals surface area (Å²) in [7, 11) is 3.69. The largest absolute Gasteiger partial charge is 0.368 e. The van der Waals surface area contributed by atoms with Crippen molar-refractivity contribution in [1.82, 2.24) is 10.1 Å². The number of nitro groups is 1. The monoisotopic (exact) mass is 385 g/mol.